The topological polar surface area (TPSA) is 83.8 Å². The maximum atomic E-state index is 12.1. The van der Waals surface area contributed by atoms with Crippen molar-refractivity contribution in [3.05, 3.63) is 11.6 Å². The van der Waals surface area contributed by atoms with E-state index < -0.39 is 5.97 Å². The number of carboxylic acid groups (broad SMARTS) is 1. The minimum Gasteiger partial charge on any atom is -0.481 e. The fourth-order valence-corrected chi connectivity index (χ4v) is 9.43. The average molecular weight is 501 g/mol. The van der Waals surface area contributed by atoms with Gasteiger partial charge in [-0.3, -0.25) is 9.59 Å². The van der Waals surface area contributed by atoms with E-state index in [0.29, 0.717) is 23.2 Å². The molecule has 0 bridgehead atoms. The maximum absolute atomic E-state index is 12.1. The van der Waals surface area contributed by atoms with Crippen molar-refractivity contribution in [1.82, 2.24) is 0 Å². The van der Waals surface area contributed by atoms with Crippen LogP contribution in [0.4, 0.5) is 0 Å². The highest BCUT2D eigenvalue weighted by Gasteiger charge is 2.59. The third kappa shape index (κ3) is 4.90. The highest BCUT2D eigenvalue weighted by Crippen LogP contribution is 2.67. The smallest absolute Gasteiger partial charge is 0.306 e. The van der Waals surface area contributed by atoms with Crippen LogP contribution in [0.5, 0.6) is 0 Å². The van der Waals surface area contributed by atoms with Crippen molar-refractivity contribution < 1.29 is 24.5 Å². The Labute approximate surface area is 217 Å². The summed E-state index contributed by atoms with van der Waals surface area (Å²) >= 11 is 0. The first-order valence-corrected chi connectivity index (χ1v) is 14.9. The third-order valence-corrected chi connectivity index (χ3v) is 11.8. The van der Waals surface area contributed by atoms with E-state index >= 15 is 0 Å². The Kier molecular flexibility index (Phi) is 7.35. The maximum Gasteiger partial charge on any atom is 0.306 e. The lowest BCUT2D eigenvalue weighted by Crippen LogP contribution is -2.51. The van der Waals surface area contributed by atoms with Gasteiger partial charge in [-0.1, -0.05) is 45.3 Å². The van der Waals surface area contributed by atoms with Gasteiger partial charge in [0.25, 0.3) is 0 Å². The molecule has 0 aromatic heterocycles. The van der Waals surface area contributed by atoms with Crippen LogP contribution in [0.3, 0.4) is 0 Å². The highest BCUT2D eigenvalue weighted by atomic mass is 16.5. The Balaban J connectivity index is 1.23. The van der Waals surface area contributed by atoms with Gasteiger partial charge in [0.1, 0.15) is 6.10 Å². The number of aliphatic hydroxyl groups is 1. The molecule has 202 valence electrons. The number of aliphatic carboxylic acids is 1. The van der Waals surface area contributed by atoms with Gasteiger partial charge < -0.3 is 14.9 Å². The lowest BCUT2D eigenvalue weighted by Gasteiger charge is -2.58. The van der Waals surface area contributed by atoms with Crippen molar-refractivity contribution in [1.29, 1.82) is 0 Å². The lowest BCUT2D eigenvalue weighted by molar-refractivity contribution is -0.154. The van der Waals surface area contributed by atoms with E-state index in [1.54, 1.807) is 0 Å². The second kappa shape index (κ2) is 10.1. The summed E-state index contributed by atoms with van der Waals surface area (Å²) < 4.78 is 5.69. The molecular formula is C31H48O5. The molecule has 0 saturated heterocycles. The molecule has 0 aliphatic heterocycles. The zero-order valence-electron chi connectivity index (χ0n) is 22.7. The molecular weight excluding hydrogens is 452 g/mol. The van der Waals surface area contributed by atoms with E-state index in [0.717, 1.165) is 49.9 Å². The Bertz CT molecular complexity index is 876. The van der Waals surface area contributed by atoms with E-state index in [1.807, 2.05) is 0 Å². The molecule has 0 amide bonds. The third-order valence-electron chi connectivity index (χ3n) is 11.8. The second-order valence-electron chi connectivity index (χ2n) is 13.7. The van der Waals surface area contributed by atoms with E-state index in [1.165, 1.54) is 50.5 Å². The molecule has 5 aliphatic carbocycles. The molecule has 5 aliphatic rings. The summed E-state index contributed by atoms with van der Waals surface area (Å²) in [4.78, 5) is 22.9. The molecule has 36 heavy (non-hydrogen) atoms. The van der Waals surface area contributed by atoms with Crippen LogP contribution in [-0.2, 0) is 14.3 Å². The largest absolute Gasteiger partial charge is 0.481 e. The average Bonchev–Trinajstić information content (AvgIpc) is 3.60. The quantitative estimate of drug-likeness (QED) is 0.278. The Morgan fingerprint density at radius 2 is 1.83 bits per heavy atom. The first-order chi connectivity index (χ1) is 17.1. The number of aliphatic hydroxyl groups excluding tert-OH is 1. The van der Waals surface area contributed by atoms with Crippen LogP contribution in [0.2, 0.25) is 0 Å². The zero-order chi connectivity index (χ0) is 25.7. The molecule has 2 N–H and O–H groups in total. The van der Waals surface area contributed by atoms with E-state index in [-0.39, 0.29) is 36.4 Å². The zero-order valence-corrected chi connectivity index (χ0v) is 22.7. The number of fused-ring (bicyclic) bond motifs is 5. The Morgan fingerprint density at radius 1 is 1.06 bits per heavy atom. The molecule has 5 heteroatoms. The number of esters is 1. The van der Waals surface area contributed by atoms with Crippen molar-refractivity contribution in [2.75, 3.05) is 0 Å². The van der Waals surface area contributed by atoms with E-state index in [9.17, 15) is 14.7 Å². The van der Waals surface area contributed by atoms with Crippen LogP contribution in [0.15, 0.2) is 11.6 Å². The number of rotatable bonds is 9. The minimum absolute atomic E-state index is 0.0397. The van der Waals surface area contributed by atoms with Crippen molar-refractivity contribution in [3.8, 4) is 0 Å². The number of ether oxygens (including phenoxy) is 1. The molecule has 0 aromatic carbocycles. The van der Waals surface area contributed by atoms with Crippen molar-refractivity contribution >= 4 is 11.9 Å². The summed E-state index contributed by atoms with van der Waals surface area (Å²) in [6.45, 7) is 7.36. The second-order valence-corrected chi connectivity index (χ2v) is 13.7. The summed E-state index contributed by atoms with van der Waals surface area (Å²) in [5.74, 6) is 2.77. The molecule has 0 heterocycles. The molecule has 4 saturated carbocycles. The summed E-state index contributed by atoms with van der Waals surface area (Å²) in [6, 6.07) is 0. The van der Waals surface area contributed by atoms with Crippen LogP contribution in [-0.4, -0.2) is 34.4 Å². The number of allylic oxidation sites excluding steroid dienone is 1. The fraction of sp³-hybridized carbons (Fsp3) is 0.871. The summed E-state index contributed by atoms with van der Waals surface area (Å²) in [7, 11) is 0. The van der Waals surface area contributed by atoms with Crippen molar-refractivity contribution in [3.63, 3.8) is 0 Å². The van der Waals surface area contributed by atoms with Crippen LogP contribution in [0.1, 0.15) is 111 Å². The van der Waals surface area contributed by atoms with Gasteiger partial charge in [0.15, 0.2) is 0 Å². The standard InChI is InChI=1S/C31H48O5/c1-19(27(32)11-6-20-4-5-20)24-9-10-25-23-8-7-21-18-22(36-29(35)13-12-28(33)34)14-16-30(21,2)26(23)15-17-31(24,25)3/h7,19-20,22-27,32H,4-6,8-18H2,1-3H3,(H,33,34)/t19-,22-,23-,24+,25-,26-,27-,30-,31+/m0/s1. The minimum atomic E-state index is -0.954. The molecule has 4 fully saturated rings. The molecule has 0 aromatic rings. The van der Waals surface area contributed by atoms with Crippen LogP contribution >= 0.6 is 0 Å². The number of hydrogen-bond acceptors (Lipinski definition) is 4. The number of carbonyl (C=O) groups is 2. The molecule has 0 radical (unpaired) electrons. The summed E-state index contributed by atoms with van der Waals surface area (Å²) in [5.41, 5.74) is 2.02. The molecule has 0 unspecified atom stereocenters. The van der Waals surface area contributed by atoms with E-state index in [4.69, 9.17) is 9.84 Å². The predicted molar refractivity (Wildman–Crippen MR) is 139 cm³/mol. The Morgan fingerprint density at radius 3 is 2.56 bits per heavy atom. The fourth-order valence-electron chi connectivity index (χ4n) is 9.43. The van der Waals surface area contributed by atoms with Gasteiger partial charge in [0.05, 0.1) is 18.9 Å². The molecule has 5 nitrogen and oxygen atoms in total. The van der Waals surface area contributed by atoms with Crippen LogP contribution in [0, 0.1) is 46.3 Å². The first kappa shape index (κ1) is 26.3. The first-order valence-electron chi connectivity index (χ1n) is 14.9. The van der Waals surface area contributed by atoms with Gasteiger partial charge in [-0.15, -0.1) is 0 Å². The van der Waals surface area contributed by atoms with Gasteiger partial charge in [-0.05, 0) is 104 Å². The molecule has 0 spiro atoms. The van der Waals surface area contributed by atoms with Gasteiger partial charge in [-0.25, -0.2) is 0 Å². The normalized spacial score (nSPS) is 41.3. The highest BCUT2D eigenvalue weighted by molar-refractivity contribution is 5.76. The van der Waals surface area contributed by atoms with Gasteiger partial charge in [0.2, 0.25) is 0 Å². The van der Waals surface area contributed by atoms with Gasteiger partial charge in [-0.2, -0.15) is 0 Å². The lowest BCUT2D eigenvalue weighted by atomic mass is 9.47. The van der Waals surface area contributed by atoms with E-state index in [2.05, 4.69) is 26.8 Å². The Hall–Kier alpha value is -1.36. The SMILES string of the molecule is C[C@@H]([C@H]1CC[C@H]2[C@@H]3CC=C4C[C@@H](OC(=O)CCC(=O)O)CC[C@]4(C)[C@H]3CC[C@]12C)[C@@H](O)CCC1CC1. The predicted octanol–water partition coefficient (Wildman–Crippen LogP) is 6.53. The van der Waals surface area contributed by atoms with Crippen LogP contribution in [0.25, 0.3) is 0 Å². The molecule has 9 atom stereocenters. The number of carbonyl (C=O) groups excluding carboxylic acids is 1. The molecule has 5 rings (SSSR count). The van der Waals surface area contributed by atoms with Crippen LogP contribution < -0.4 is 0 Å². The summed E-state index contributed by atoms with van der Waals surface area (Å²) in [5, 5.41) is 19.9. The van der Waals surface area contributed by atoms with Gasteiger partial charge >= 0.3 is 11.9 Å². The van der Waals surface area contributed by atoms with Crippen molar-refractivity contribution in [2.45, 2.75) is 123 Å². The number of carboxylic acids is 1. The van der Waals surface area contributed by atoms with Crippen molar-refractivity contribution in [2.24, 2.45) is 46.3 Å². The monoisotopic (exact) mass is 500 g/mol. The summed E-state index contributed by atoms with van der Waals surface area (Å²) in [6.07, 6.45) is 16.0. The number of hydrogen-bond donors (Lipinski definition) is 2. The van der Waals surface area contributed by atoms with Gasteiger partial charge in [0, 0.05) is 6.42 Å².